The predicted octanol–water partition coefficient (Wildman–Crippen LogP) is 12.9. The number of thiophene rings is 2. The molecule has 0 atom stereocenters. The second-order valence-electron chi connectivity index (χ2n) is 12.4. The summed E-state index contributed by atoms with van der Waals surface area (Å²) in [6, 6.07) is 57.9. The summed E-state index contributed by atoms with van der Waals surface area (Å²) in [6.07, 6.45) is 0. The van der Waals surface area contributed by atoms with Gasteiger partial charge in [-0.2, -0.15) is 0 Å². The quantitative estimate of drug-likeness (QED) is 0.182. The Morgan fingerprint density at radius 3 is 1.58 bits per heavy atom. The minimum Gasteiger partial charge on any atom is -0.208 e. The highest BCUT2D eigenvalue weighted by Gasteiger charge is 2.22. The lowest BCUT2D eigenvalue weighted by atomic mass is 9.87. The molecule has 0 unspecified atom stereocenters. The van der Waals surface area contributed by atoms with Gasteiger partial charge in [0.05, 0.1) is 0 Å². The first-order valence-corrected chi connectivity index (χ1v) is 18.2. The second-order valence-corrected chi connectivity index (χ2v) is 14.5. The SMILES string of the molecule is c1ccc(-c2nc(-c3ccccc3)nc(-c3cccc(-c4ccc5c(c4)sc4ccccc45)c3-c3cccc4sc5ccccc5c34)n2)cc1. The Balaban J connectivity index is 1.29. The largest absolute Gasteiger partial charge is 0.208 e. The Hall–Kier alpha value is -6.01. The lowest BCUT2D eigenvalue weighted by molar-refractivity contribution is 1.07. The topological polar surface area (TPSA) is 38.7 Å². The number of benzene rings is 7. The van der Waals surface area contributed by atoms with E-state index in [-0.39, 0.29) is 0 Å². The van der Waals surface area contributed by atoms with E-state index >= 15 is 0 Å². The number of hydrogen-bond donors (Lipinski definition) is 0. The standard InChI is InChI=1S/C45H27N3S2/c1-3-13-28(14-4-1)43-46-44(29-15-5-2-6-16-29)48-45(47-43)36-21-11-19-31(30-25-26-33-32-17-7-9-22-37(32)50-40(33)27-30)41(36)35-20-12-24-39-42(35)34-18-8-10-23-38(34)49-39/h1-27H. The van der Waals surface area contributed by atoms with Gasteiger partial charge in [-0.15, -0.1) is 22.7 Å². The van der Waals surface area contributed by atoms with E-state index < -0.39 is 0 Å². The minimum atomic E-state index is 0.647. The summed E-state index contributed by atoms with van der Waals surface area (Å²) in [4.78, 5) is 15.4. The number of aromatic nitrogens is 3. The average molecular weight is 674 g/mol. The zero-order valence-corrected chi connectivity index (χ0v) is 28.4. The molecule has 0 amide bonds. The van der Waals surface area contributed by atoms with Gasteiger partial charge in [-0.25, -0.2) is 15.0 Å². The van der Waals surface area contributed by atoms with Crippen LogP contribution in [0.2, 0.25) is 0 Å². The molecule has 0 aliphatic heterocycles. The van der Waals surface area contributed by atoms with Crippen molar-refractivity contribution in [3.63, 3.8) is 0 Å². The van der Waals surface area contributed by atoms with Crippen LogP contribution in [-0.2, 0) is 0 Å². The monoisotopic (exact) mass is 673 g/mol. The van der Waals surface area contributed by atoms with E-state index in [9.17, 15) is 0 Å². The fourth-order valence-corrected chi connectivity index (χ4v) is 9.35. The van der Waals surface area contributed by atoms with Crippen molar-refractivity contribution in [1.82, 2.24) is 15.0 Å². The first kappa shape index (κ1) is 29.0. The van der Waals surface area contributed by atoms with Gasteiger partial charge in [0.1, 0.15) is 0 Å². The molecular formula is C45H27N3S2. The van der Waals surface area contributed by atoms with Gasteiger partial charge >= 0.3 is 0 Å². The van der Waals surface area contributed by atoms with Crippen molar-refractivity contribution in [3.05, 3.63) is 164 Å². The van der Waals surface area contributed by atoms with Crippen molar-refractivity contribution in [3.8, 4) is 56.4 Å². The van der Waals surface area contributed by atoms with Crippen molar-refractivity contribution in [1.29, 1.82) is 0 Å². The zero-order valence-electron chi connectivity index (χ0n) is 26.7. The fraction of sp³-hybridized carbons (Fsp3) is 0. The van der Waals surface area contributed by atoms with Gasteiger partial charge < -0.3 is 0 Å². The highest BCUT2D eigenvalue weighted by atomic mass is 32.1. The Labute approximate surface area is 296 Å². The minimum absolute atomic E-state index is 0.647. The van der Waals surface area contributed by atoms with Crippen molar-refractivity contribution in [2.45, 2.75) is 0 Å². The smallest absolute Gasteiger partial charge is 0.164 e. The summed E-state index contributed by atoms with van der Waals surface area (Å²) in [5.74, 6) is 1.95. The molecule has 234 valence electrons. The molecule has 0 saturated heterocycles. The van der Waals surface area contributed by atoms with E-state index in [1.807, 2.05) is 59.1 Å². The van der Waals surface area contributed by atoms with Crippen molar-refractivity contribution in [2.24, 2.45) is 0 Å². The van der Waals surface area contributed by atoms with E-state index in [1.165, 1.54) is 45.9 Å². The number of nitrogens with zero attached hydrogens (tertiary/aromatic N) is 3. The molecule has 10 rings (SSSR count). The van der Waals surface area contributed by atoms with Gasteiger partial charge in [-0.05, 0) is 41.0 Å². The summed E-state index contributed by atoms with van der Waals surface area (Å²) in [5, 5.41) is 5.10. The highest BCUT2D eigenvalue weighted by molar-refractivity contribution is 7.26. The van der Waals surface area contributed by atoms with E-state index in [0.717, 1.165) is 33.4 Å². The third kappa shape index (κ3) is 4.82. The molecule has 0 fully saturated rings. The van der Waals surface area contributed by atoms with Crippen LogP contribution in [0.25, 0.3) is 96.8 Å². The van der Waals surface area contributed by atoms with Crippen LogP contribution in [0.1, 0.15) is 0 Å². The molecule has 3 aromatic heterocycles. The number of hydrogen-bond acceptors (Lipinski definition) is 5. The van der Waals surface area contributed by atoms with Gasteiger partial charge in [-0.3, -0.25) is 0 Å². The van der Waals surface area contributed by atoms with Crippen LogP contribution >= 0.6 is 22.7 Å². The maximum atomic E-state index is 5.21. The third-order valence-electron chi connectivity index (χ3n) is 9.37. The Kier molecular flexibility index (Phi) is 6.86. The maximum Gasteiger partial charge on any atom is 0.164 e. The van der Waals surface area contributed by atoms with Crippen molar-refractivity contribution in [2.75, 3.05) is 0 Å². The molecule has 5 heteroatoms. The first-order valence-electron chi connectivity index (χ1n) is 16.6. The zero-order chi connectivity index (χ0) is 33.0. The molecule has 10 aromatic rings. The molecule has 0 saturated carbocycles. The fourth-order valence-electron chi connectivity index (χ4n) is 7.07. The molecule has 0 bridgehead atoms. The van der Waals surface area contributed by atoms with Crippen LogP contribution in [0.4, 0.5) is 0 Å². The average Bonchev–Trinajstić information content (AvgIpc) is 3.76. The van der Waals surface area contributed by atoms with E-state index in [1.54, 1.807) is 0 Å². The summed E-state index contributed by atoms with van der Waals surface area (Å²) < 4.78 is 5.11. The molecule has 0 aliphatic rings. The van der Waals surface area contributed by atoms with Gasteiger partial charge in [0.2, 0.25) is 0 Å². The molecule has 3 heterocycles. The molecule has 7 aromatic carbocycles. The van der Waals surface area contributed by atoms with Crippen LogP contribution in [0.15, 0.2) is 164 Å². The van der Waals surface area contributed by atoms with Crippen molar-refractivity contribution < 1.29 is 0 Å². The number of rotatable bonds is 5. The Morgan fingerprint density at radius 1 is 0.320 bits per heavy atom. The second kappa shape index (κ2) is 11.8. The first-order chi connectivity index (χ1) is 24.8. The van der Waals surface area contributed by atoms with Gasteiger partial charge in [0, 0.05) is 62.6 Å². The van der Waals surface area contributed by atoms with Gasteiger partial charge in [0.25, 0.3) is 0 Å². The predicted molar refractivity (Wildman–Crippen MR) is 213 cm³/mol. The van der Waals surface area contributed by atoms with Crippen molar-refractivity contribution >= 4 is 63.0 Å². The Morgan fingerprint density at radius 2 is 0.840 bits per heavy atom. The summed E-state index contributed by atoms with van der Waals surface area (Å²) in [6.45, 7) is 0. The van der Waals surface area contributed by atoms with Gasteiger partial charge in [-0.1, -0.05) is 140 Å². The molecule has 0 radical (unpaired) electrons. The molecule has 0 spiro atoms. The van der Waals surface area contributed by atoms with Crippen LogP contribution in [-0.4, -0.2) is 15.0 Å². The summed E-state index contributed by atoms with van der Waals surface area (Å²) in [5.41, 5.74) is 7.47. The third-order valence-corrected chi connectivity index (χ3v) is 11.6. The van der Waals surface area contributed by atoms with Crippen LogP contribution in [0, 0.1) is 0 Å². The summed E-state index contributed by atoms with van der Waals surface area (Å²) in [7, 11) is 0. The normalized spacial score (nSPS) is 11.6. The Bertz CT molecular complexity index is 2810. The highest BCUT2D eigenvalue weighted by Crippen LogP contribution is 2.47. The van der Waals surface area contributed by atoms with E-state index in [2.05, 4.69) is 127 Å². The molecule has 50 heavy (non-hydrogen) atoms. The van der Waals surface area contributed by atoms with E-state index in [0.29, 0.717) is 17.5 Å². The summed E-state index contributed by atoms with van der Waals surface area (Å²) >= 11 is 3.68. The lowest BCUT2D eigenvalue weighted by Gasteiger charge is -2.17. The molecule has 0 N–H and O–H groups in total. The molecule has 0 aliphatic carbocycles. The van der Waals surface area contributed by atoms with Crippen LogP contribution < -0.4 is 0 Å². The van der Waals surface area contributed by atoms with Crippen LogP contribution in [0.5, 0.6) is 0 Å². The lowest BCUT2D eigenvalue weighted by Crippen LogP contribution is -2.01. The number of fused-ring (bicyclic) bond motifs is 6. The van der Waals surface area contributed by atoms with Crippen LogP contribution in [0.3, 0.4) is 0 Å². The van der Waals surface area contributed by atoms with Gasteiger partial charge in [0.15, 0.2) is 17.5 Å². The maximum absolute atomic E-state index is 5.21. The van der Waals surface area contributed by atoms with E-state index in [4.69, 9.17) is 15.0 Å². The molecule has 3 nitrogen and oxygen atoms in total. The molecular weight excluding hydrogens is 647 g/mol.